The van der Waals surface area contributed by atoms with Crippen molar-refractivity contribution in [1.29, 1.82) is 0 Å². The van der Waals surface area contributed by atoms with E-state index in [2.05, 4.69) is 5.32 Å². The van der Waals surface area contributed by atoms with Gasteiger partial charge in [-0.1, -0.05) is 11.6 Å². The third-order valence-corrected chi connectivity index (χ3v) is 4.37. The highest BCUT2D eigenvalue weighted by Crippen LogP contribution is 2.35. The number of benzene rings is 1. The fourth-order valence-corrected chi connectivity index (χ4v) is 3.12. The van der Waals surface area contributed by atoms with E-state index < -0.39 is 0 Å². The van der Waals surface area contributed by atoms with E-state index >= 15 is 0 Å². The predicted octanol–water partition coefficient (Wildman–Crippen LogP) is 2.68. The lowest BCUT2D eigenvalue weighted by molar-refractivity contribution is 0.0954. The van der Waals surface area contributed by atoms with Crippen molar-refractivity contribution in [2.45, 2.75) is 6.42 Å². The first-order chi connectivity index (χ1) is 10.1. The molecule has 2 aromatic rings. The Balaban J connectivity index is 1.63. The van der Waals surface area contributed by atoms with Crippen molar-refractivity contribution in [2.75, 3.05) is 19.1 Å². The van der Waals surface area contributed by atoms with E-state index in [4.69, 9.17) is 26.8 Å². The molecule has 1 aromatic heterocycles. The molecule has 0 saturated heterocycles. The topological polar surface area (TPSA) is 73.6 Å². The number of nitrogens with one attached hydrogen (secondary N) is 1. The summed E-state index contributed by atoms with van der Waals surface area (Å²) < 4.78 is 11.2. The van der Waals surface area contributed by atoms with Gasteiger partial charge in [-0.15, -0.1) is 11.3 Å². The summed E-state index contributed by atoms with van der Waals surface area (Å²) in [7, 11) is 0. The molecule has 0 radical (unpaired) electrons. The molecular weight excluding hydrogens is 312 g/mol. The Labute approximate surface area is 130 Å². The van der Waals surface area contributed by atoms with Gasteiger partial charge in [0.25, 0.3) is 5.91 Å². The van der Waals surface area contributed by atoms with E-state index in [-0.39, 0.29) is 12.7 Å². The Morgan fingerprint density at radius 1 is 1.33 bits per heavy atom. The monoisotopic (exact) mass is 324 g/mol. The van der Waals surface area contributed by atoms with Crippen molar-refractivity contribution >= 4 is 34.5 Å². The van der Waals surface area contributed by atoms with Gasteiger partial charge in [-0.25, -0.2) is 0 Å². The summed E-state index contributed by atoms with van der Waals surface area (Å²) >= 11 is 7.37. The number of hydrogen-bond acceptors (Lipinski definition) is 5. The van der Waals surface area contributed by atoms with Crippen molar-refractivity contribution in [1.82, 2.24) is 5.32 Å². The number of hydrogen-bond donors (Lipinski definition) is 2. The van der Waals surface area contributed by atoms with Crippen molar-refractivity contribution in [3.05, 3.63) is 39.0 Å². The van der Waals surface area contributed by atoms with Crippen LogP contribution in [0, 0.1) is 0 Å². The maximum atomic E-state index is 12.2. The summed E-state index contributed by atoms with van der Waals surface area (Å²) in [5.74, 6) is 0.880. The highest BCUT2D eigenvalue weighted by Gasteiger charge is 2.19. The van der Waals surface area contributed by atoms with E-state index in [0.717, 1.165) is 15.6 Å². The van der Waals surface area contributed by atoms with Crippen molar-refractivity contribution in [3.63, 3.8) is 0 Å². The summed E-state index contributed by atoms with van der Waals surface area (Å²) in [6.07, 6.45) is 0.730. The Kier molecular flexibility index (Phi) is 3.90. The van der Waals surface area contributed by atoms with Gasteiger partial charge in [0.15, 0.2) is 11.5 Å². The van der Waals surface area contributed by atoms with E-state index in [1.54, 1.807) is 12.1 Å². The van der Waals surface area contributed by atoms with Gasteiger partial charge in [-0.2, -0.15) is 0 Å². The number of rotatable bonds is 4. The highest BCUT2D eigenvalue weighted by molar-refractivity contribution is 7.16. The standard InChI is InChI=1S/C14H13ClN2O3S/c15-13-2-1-8(21-13)3-4-17-14(18)9-5-11-12(6-10(9)16)20-7-19-11/h1-2,5-6H,3-4,7,16H2,(H,17,18). The number of fused-ring (bicyclic) bond motifs is 1. The van der Waals surface area contributed by atoms with Gasteiger partial charge in [0.05, 0.1) is 9.90 Å². The van der Waals surface area contributed by atoms with Gasteiger partial charge in [-0.3, -0.25) is 4.79 Å². The molecule has 1 aliphatic rings. The number of carbonyl (C=O) groups excluding carboxylic acids is 1. The van der Waals surface area contributed by atoms with E-state index in [9.17, 15) is 4.79 Å². The lowest BCUT2D eigenvalue weighted by atomic mass is 10.1. The first-order valence-electron chi connectivity index (χ1n) is 6.35. The Hall–Kier alpha value is -1.92. The van der Waals surface area contributed by atoms with Crippen molar-refractivity contribution < 1.29 is 14.3 Å². The molecule has 0 spiro atoms. The summed E-state index contributed by atoms with van der Waals surface area (Å²) in [4.78, 5) is 13.3. The number of anilines is 1. The summed E-state index contributed by atoms with van der Waals surface area (Å²) in [6.45, 7) is 0.669. The molecular formula is C14H13ClN2O3S. The van der Waals surface area contributed by atoms with Crippen molar-refractivity contribution in [3.8, 4) is 11.5 Å². The molecule has 1 aromatic carbocycles. The molecule has 21 heavy (non-hydrogen) atoms. The van der Waals surface area contributed by atoms with Crippen LogP contribution in [0.25, 0.3) is 0 Å². The van der Waals surface area contributed by atoms with Gasteiger partial charge in [0.2, 0.25) is 6.79 Å². The summed E-state index contributed by atoms with van der Waals surface area (Å²) in [5, 5.41) is 2.84. The molecule has 3 N–H and O–H groups in total. The first-order valence-corrected chi connectivity index (χ1v) is 7.54. The number of ether oxygens (including phenoxy) is 2. The lowest BCUT2D eigenvalue weighted by Gasteiger charge is -2.08. The second kappa shape index (κ2) is 5.83. The van der Waals surface area contributed by atoms with Crippen LogP contribution in [-0.2, 0) is 6.42 Å². The van der Waals surface area contributed by atoms with E-state index in [1.807, 2.05) is 12.1 Å². The van der Waals surface area contributed by atoms with Gasteiger partial charge in [0, 0.05) is 23.2 Å². The minimum Gasteiger partial charge on any atom is -0.454 e. The van der Waals surface area contributed by atoms with E-state index in [1.165, 1.54) is 11.3 Å². The van der Waals surface area contributed by atoms with Crippen LogP contribution in [0.3, 0.4) is 0 Å². The van der Waals surface area contributed by atoms with Gasteiger partial charge in [-0.05, 0) is 24.6 Å². The maximum absolute atomic E-state index is 12.2. The van der Waals surface area contributed by atoms with Gasteiger partial charge < -0.3 is 20.5 Å². The molecule has 0 bridgehead atoms. The number of amides is 1. The molecule has 1 amide bonds. The van der Waals surface area contributed by atoms with Crippen LogP contribution in [-0.4, -0.2) is 19.2 Å². The predicted molar refractivity (Wildman–Crippen MR) is 82.3 cm³/mol. The molecule has 7 heteroatoms. The average Bonchev–Trinajstić information content (AvgIpc) is 3.06. The average molecular weight is 325 g/mol. The van der Waals surface area contributed by atoms with Gasteiger partial charge >= 0.3 is 0 Å². The molecule has 1 aliphatic heterocycles. The maximum Gasteiger partial charge on any atom is 0.253 e. The number of carbonyl (C=O) groups is 1. The quantitative estimate of drug-likeness (QED) is 0.848. The largest absolute Gasteiger partial charge is 0.454 e. The molecule has 5 nitrogen and oxygen atoms in total. The minimum atomic E-state index is -0.228. The normalized spacial score (nSPS) is 12.4. The van der Waals surface area contributed by atoms with Crippen LogP contribution >= 0.6 is 22.9 Å². The summed E-state index contributed by atoms with van der Waals surface area (Å²) in [5.41, 5.74) is 6.63. The van der Waals surface area contributed by atoms with Gasteiger partial charge in [0.1, 0.15) is 0 Å². The number of nitrogens with two attached hydrogens (primary N) is 1. The minimum absolute atomic E-state index is 0.152. The highest BCUT2D eigenvalue weighted by atomic mass is 35.5. The zero-order chi connectivity index (χ0) is 14.8. The van der Waals surface area contributed by atoms with Crippen molar-refractivity contribution in [2.24, 2.45) is 0 Å². The number of halogens is 1. The molecule has 110 valence electrons. The number of nitrogen functional groups attached to an aromatic ring is 1. The second-order valence-electron chi connectivity index (χ2n) is 4.50. The lowest BCUT2D eigenvalue weighted by Crippen LogP contribution is -2.26. The molecule has 0 fully saturated rings. The Morgan fingerprint density at radius 3 is 2.81 bits per heavy atom. The SMILES string of the molecule is Nc1cc2c(cc1C(=O)NCCc1ccc(Cl)s1)OCO2. The van der Waals surface area contributed by atoms with Crippen LogP contribution < -0.4 is 20.5 Å². The van der Waals surface area contributed by atoms with Crippen LogP contribution in [0.15, 0.2) is 24.3 Å². The number of thiophene rings is 1. The first kappa shape index (κ1) is 14.0. The molecule has 0 saturated carbocycles. The smallest absolute Gasteiger partial charge is 0.253 e. The molecule has 2 heterocycles. The third kappa shape index (κ3) is 3.06. The summed E-state index contributed by atoms with van der Waals surface area (Å²) in [6, 6.07) is 7.01. The van der Waals surface area contributed by atoms with Crippen LogP contribution in [0.1, 0.15) is 15.2 Å². The van der Waals surface area contributed by atoms with Crippen LogP contribution in [0.4, 0.5) is 5.69 Å². The molecule has 3 rings (SSSR count). The third-order valence-electron chi connectivity index (χ3n) is 3.08. The zero-order valence-electron chi connectivity index (χ0n) is 11.0. The fourth-order valence-electron chi connectivity index (χ4n) is 2.03. The molecule has 0 atom stereocenters. The zero-order valence-corrected chi connectivity index (χ0v) is 12.6. The Morgan fingerprint density at radius 2 is 2.10 bits per heavy atom. The fraction of sp³-hybridized carbons (Fsp3) is 0.214. The molecule has 0 aliphatic carbocycles. The van der Waals surface area contributed by atoms with Crippen LogP contribution in [0.2, 0.25) is 4.34 Å². The molecule has 0 unspecified atom stereocenters. The second-order valence-corrected chi connectivity index (χ2v) is 6.30. The Bertz CT molecular complexity index is 687. The van der Waals surface area contributed by atoms with Crippen LogP contribution in [0.5, 0.6) is 11.5 Å². The van der Waals surface area contributed by atoms with E-state index in [0.29, 0.717) is 29.3 Å².